The van der Waals surface area contributed by atoms with Crippen LogP contribution in [0.1, 0.15) is 47.6 Å². The molecule has 0 aliphatic heterocycles. The number of fused-ring (bicyclic) bond motifs is 1. The first kappa shape index (κ1) is 13.3. The molecule has 104 valence electrons. The Morgan fingerprint density at radius 3 is 2.60 bits per heavy atom. The highest BCUT2D eigenvalue weighted by Crippen LogP contribution is 2.33. The summed E-state index contributed by atoms with van der Waals surface area (Å²) in [6, 6.07) is 8.38. The number of aliphatic hydroxyl groups is 1. The van der Waals surface area contributed by atoms with Gasteiger partial charge in [-0.1, -0.05) is 18.2 Å². The molecule has 0 radical (unpaired) electrons. The predicted octanol–water partition coefficient (Wildman–Crippen LogP) is 3.52. The zero-order chi connectivity index (χ0) is 14.2. The molecule has 1 aliphatic rings. The first-order valence-corrected chi connectivity index (χ1v) is 7.35. The smallest absolute Gasteiger partial charge is 0.114 e. The standard InChI is InChI=1S/C18H21NO/c1-13-9-10-19-12-17(13)18(2,20)16-8-7-14-5-3-4-6-15(14)11-16/h7-12,20H,3-6H2,1-2H3. The van der Waals surface area contributed by atoms with E-state index in [0.29, 0.717) is 0 Å². The third-order valence-electron chi connectivity index (χ3n) is 4.47. The van der Waals surface area contributed by atoms with Crippen LogP contribution in [0, 0.1) is 6.92 Å². The maximum atomic E-state index is 11.0. The van der Waals surface area contributed by atoms with E-state index in [1.54, 1.807) is 12.4 Å². The van der Waals surface area contributed by atoms with Gasteiger partial charge in [-0.15, -0.1) is 0 Å². The summed E-state index contributed by atoms with van der Waals surface area (Å²) in [4.78, 5) is 4.16. The van der Waals surface area contributed by atoms with E-state index in [1.165, 1.54) is 30.4 Å². The summed E-state index contributed by atoms with van der Waals surface area (Å²) < 4.78 is 0. The number of benzene rings is 1. The molecule has 1 aromatic heterocycles. The van der Waals surface area contributed by atoms with Crippen LogP contribution in [0.3, 0.4) is 0 Å². The van der Waals surface area contributed by atoms with Gasteiger partial charge in [0.25, 0.3) is 0 Å². The van der Waals surface area contributed by atoms with Gasteiger partial charge in [-0.05, 0) is 67.9 Å². The maximum Gasteiger partial charge on any atom is 0.114 e. The molecular formula is C18H21NO. The van der Waals surface area contributed by atoms with Crippen LogP contribution >= 0.6 is 0 Å². The van der Waals surface area contributed by atoms with Gasteiger partial charge in [0.1, 0.15) is 5.60 Å². The molecular weight excluding hydrogens is 246 g/mol. The monoisotopic (exact) mass is 267 g/mol. The Kier molecular flexibility index (Phi) is 3.35. The lowest BCUT2D eigenvalue weighted by Gasteiger charge is -2.27. The van der Waals surface area contributed by atoms with Gasteiger partial charge in [0, 0.05) is 18.0 Å². The van der Waals surface area contributed by atoms with E-state index in [2.05, 4.69) is 23.2 Å². The Balaban J connectivity index is 2.05. The van der Waals surface area contributed by atoms with E-state index in [9.17, 15) is 5.11 Å². The molecule has 1 aliphatic carbocycles. The molecule has 2 aromatic rings. The Morgan fingerprint density at radius 2 is 1.85 bits per heavy atom. The molecule has 2 heteroatoms. The predicted molar refractivity (Wildman–Crippen MR) is 80.7 cm³/mol. The van der Waals surface area contributed by atoms with Gasteiger partial charge in [-0.25, -0.2) is 0 Å². The largest absolute Gasteiger partial charge is 0.381 e. The van der Waals surface area contributed by atoms with Gasteiger partial charge in [0.2, 0.25) is 0 Å². The molecule has 0 spiro atoms. The fourth-order valence-electron chi connectivity index (χ4n) is 3.17. The highest BCUT2D eigenvalue weighted by molar-refractivity contribution is 5.42. The van der Waals surface area contributed by atoms with Crippen molar-refractivity contribution in [3.8, 4) is 0 Å². The summed E-state index contributed by atoms with van der Waals surface area (Å²) in [6.07, 6.45) is 8.38. The van der Waals surface area contributed by atoms with Crippen molar-refractivity contribution in [3.05, 3.63) is 64.5 Å². The second-order valence-corrected chi connectivity index (χ2v) is 5.95. The van der Waals surface area contributed by atoms with Crippen molar-refractivity contribution in [1.29, 1.82) is 0 Å². The molecule has 0 saturated heterocycles. The summed E-state index contributed by atoms with van der Waals surface area (Å²) in [5, 5.41) is 11.0. The van der Waals surface area contributed by atoms with Gasteiger partial charge in [-0.2, -0.15) is 0 Å². The molecule has 3 rings (SSSR count). The third-order valence-corrected chi connectivity index (χ3v) is 4.47. The fraction of sp³-hybridized carbons (Fsp3) is 0.389. The van der Waals surface area contributed by atoms with Crippen molar-refractivity contribution in [3.63, 3.8) is 0 Å². The van der Waals surface area contributed by atoms with E-state index < -0.39 is 5.60 Å². The topological polar surface area (TPSA) is 33.1 Å². The number of hydrogen-bond donors (Lipinski definition) is 1. The molecule has 1 N–H and O–H groups in total. The van der Waals surface area contributed by atoms with Gasteiger partial charge in [0.15, 0.2) is 0 Å². The summed E-state index contributed by atoms with van der Waals surface area (Å²) in [7, 11) is 0. The quantitative estimate of drug-likeness (QED) is 0.903. The summed E-state index contributed by atoms with van der Waals surface area (Å²) in [6.45, 7) is 3.88. The molecule has 20 heavy (non-hydrogen) atoms. The summed E-state index contributed by atoms with van der Waals surface area (Å²) >= 11 is 0. The van der Waals surface area contributed by atoms with Crippen LogP contribution in [0.25, 0.3) is 0 Å². The maximum absolute atomic E-state index is 11.0. The molecule has 1 unspecified atom stereocenters. The number of rotatable bonds is 2. The second kappa shape index (κ2) is 5.02. The normalized spacial score (nSPS) is 17.4. The SMILES string of the molecule is Cc1ccncc1C(C)(O)c1ccc2c(c1)CCCC2. The van der Waals surface area contributed by atoms with Crippen LogP contribution in [-0.2, 0) is 18.4 Å². The van der Waals surface area contributed by atoms with Crippen molar-refractivity contribution in [2.24, 2.45) is 0 Å². The highest BCUT2D eigenvalue weighted by atomic mass is 16.3. The van der Waals surface area contributed by atoms with Gasteiger partial charge >= 0.3 is 0 Å². The van der Waals surface area contributed by atoms with Crippen LogP contribution in [-0.4, -0.2) is 10.1 Å². The van der Waals surface area contributed by atoms with Crippen molar-refractivity contribution >= 4 is 0 Å². The zero-order valence-electron chi connectivity index (χ0n) is 12.2. The number of nitrogens with zero attached hydrogens (tertiary/aromatic N) is 1. The molecule has 0 fully saturated rings. The fourth-order valence-corrected chi connectivity index (χ4v) is 3.17. The van der Waals surface area contributed by atoms with Crippen molar-refractivity contribution in [2.45, 2.75) is 45.1 Å². The van der Waals surface area contributed by atoms with Crippen molar-refractivity contribution < 1.29 is 5.11 Å². The third kappa shape index (κ3) is 2.25. The van der Waals surface area contributed by atoms with E-state index >= 15 is 0 Å². The van der Waals surface area contributed by atoms with Crippen LogP contribution in [0.5, 0.6) is 0 Å². The molecule has 0 bridgehead atoms. The zero-order valence-corrected chi connectivity index (χ0v) is 12.2. The lowest BCUT2D eigenvalue weighted by Crippen LogP contribution is -2.24. The van der Waals surface area contributed by atoms with Crippen molar-refractivity contribution in [2.75, 3.05) is 0 Å². The average molecular weight is 267 g/mol. The molecule has 0 amide bonds. The summed E-state index contributed by atoms with van der Waals surface area (Å²) in [5.74, 6) is 0. The van der Waals surface area contributed by atoms with E-state index in [1.807, 2.05) is 19.9 Å². The first-order valence-electron chi connectivity index (χ1n) is 7.35. The van der Waals surface area contributed by atoms with E-state index in [4.69, 9.17) is 0 Å². The lowest BCUT2D eigenvalue weighted by molar-refractivity contribution is 0.101. The Bertz CT molecular complexity index is 631. The minimum atomic E-state index is -0.981. The molecule has 2 nitrogen and oxygen atoms in total. The second-order valence-electron chi connectivity index (χ2n) is 5.95. The number of aromatic nitrogens is 1. The van der Waals surface area contributed by atoms with Crippen molar-refractivity contribution in [1.82, 2.24) is 4.98 Å². The van der Waals surface area contributed by atoms with Gasteiger partial charge < -0.3 is 5.11 Å². The minimum absolute atomic E-state index is 0.885. The number of hydrogen-bond acceptors (Lipinski definition) is 2. The Labute approximate surface area is 120 Å². The Hall–Kier alpha value is -1.67. The molecule has 1 aromatic carbocycles. The molecule has 0 saturated carbocycles. The first-order chi connectivity index (χ1) is 9.59. The van der Waals surface area contributed by atoms with Gasteiger partial charge in [0.05, 0.1) is 0 Å². The number of pyridine rings is 1. The van der Waals surface area contributed by atoms with E-state index in [-0.39, 0.29) is 0 Å². The van der Waals surface area contributed by atoms with Gasteiger partial charge in [-0.3, -0.25) is 4.98 Å². The summed E-state index contributed by atoms with van der Waals surface area (Å²) in [5.41, 5.74) is 4.78. The average Bonchev–Trinajstić information content (AvgIpc) is 2.47. The van der Waals surface area contributed by atoms with Crippen LogP contribution in [0.2, 0.25) is 0 Å². The molecule has 1 heterocycles. The number of aryl methyl sites for hydroxylation is 3. The van der Waals surface area contributed by atoms with Crippen LogP contribution in [0.4, 0.5) is 0 Å². The highest BCUT2D eigenvalue weighted by Gasteiger charge is 2.28. The lowest BCUT2D eigenvalue weighted by atomic mass is 9.83. The van der Waals surface area contributed by atoms with E-state index in [0.717, 1.165) is 23.1 Å². The minimum Gasteiger partial charge on any atom is -0.381 e. The van der Waals surface area contributed by atoms with Crippen LogP contribution < -0.4 is 0 Å². The Morgan fingerprint density at radius 1 is 1.10 bits per heavy atom. The van der Waals surface area contributed by atoms with Crippen LogP contribution in [0.15, 0.2) is 36.7 Å². The molecule has 1 atom stereocenters.